The van der Waals surface area contributed by atoms with Crippen molar-refractivity contribution in [3.8, 4) is 0 Å². The zero-order valence-corrected chi connectivity index (χ0v) is 13.3. The molecule has 2 aromatic rings. The lowest BCUT2D eigenvalue weighted by Gasteiger charge is -2.18. The molecule has 1 saturated heterocycles. The molecule has 0 radical (unpaired) electrons. The highest BCUT2D eigenvalue weighted by atomic mass is 19.1. The van der Waals surface area contributed by atoms with Gasteiger partial charge in [-0.1, -0.05) is 12.1 Å². The third kappa shape index (κ3) is 3.27. The number of pyridine rings is 1. The van der Waals surface area contributed by atoms with Crippen LogP contribution in [0, 0.1) is 18.7 Å². The quantitative estimate of drug-likeness (QED) is 0.876. The van der Waals surface area contributed by atoms with Gasteiger partial charge in [-0.3, -0.25) is 14.6 Å². The zero-order valence-electron chi connectivity index (χ0n) is 13.3. The van der Waals surface area contributed by atoms with E-state index in [4.69, 9.17) is 0 Å². The fourth-order valence-corrected chi connectivity index (χ4v) is 2.80. The normalized spacial score (nSPS) is 17.2. The van der Waals surface area contributed by atoms with Crippen molar-refractivity contribution in [2.24, 2.45) is 5.92 Å². The summed E-state index contributed by atoms with van der Waals surface area (Å²) in [6, 6.07) is 10.0. The highest BCUT2D eigenvalue weighted by Gasteiger charge is 2.38. The van der Waals surface area contributed by atoms with Crippen LogP contribution < -0.4 is 10.2 Å². The molecule has 1 aromatic carbocycles. The van der Waals surface area contributed by atoms with Gasteiger partial charge in [0.25, 0.3) is 0 Å². The molecule has 0 spiro atoms. The average molecular weight is 327 g/mol. The second-order valence-corrected chi connectivity index (χ2v) is 5.82. The van der Waals surface area contributed by atoms with E-state index in [1.165, 1.54) is 11.0 Å². The Hall–Kier alpha value is -2.76. The molecule has 1 unspecified atom stereocenters. The lowest BCUT2D eigenvalue weighted by molar-refractivity contribution is -0.132. The SMILES string of the molecule is Cc1ccc(F)c(N2CCC(C(=O)NCc3ccccn3)C2=O)c1. The van der Waals surface area contributed by atoms with Crippen molar-refractivity contribution in [2.75, 3.05) is 11.4 Å². The molecule has 1 aliphatic heterocycles. The Morgan fingerprint density at radius 2 is 2.21 bits per heavy atom. The van der Waals surface area contributed by atoms with Gasteiger partial charge in [0.15, 0.2) is 0 Å². The monoisotopic (exact) mass is 327 g/mol. The number of amides is 2. The summed E-state index contributed by atoms with van der Waals surface area (Å²) in [5.41, 5.74) is 1.82. The first-order valence-electron chi connectivity index (χ1n) is 7.81. The van der Waals surface area contributed by atoms with Crippen LogP contribution in [0.15, 0.2) is 42.6 Å². The van der Waals surface area contributed by atoms with Gasteiger partial charge in [0.1, 0.15) is 11.7 Å². The van der Waals surface area contributed by atoms with Gasteiger partial charge in [-0.05, 0) is 43.2 Å². The lowest BCUT2D eigenvalue weighted by Crippen LogP contribution is -2.37. The van der Waals surface area contributed by atoms with Crippen LogP contribution in [-0.2, 0) is 16.1 Å². The third-order valence-corrected chi connectivity index (χ3v) is 4.08. The number of nitrogens with one attached hydrogen (secondary N) is 1. The maximum atomic E-state index is 14.0. The minimum Gasteiger partial charge on any atom is -0.350 e. The number of aromatic nitrogens is 1. The maximum absolute atomic E-state index is 14.0. The molecule has 5 nitrogen and oxygen atoms in total. The Morgan fingerprint density at radius 1 is 1.38 bits per heavy atom. The molecule has 6 heteroatoms. The third-order valence-electron chi connectivity index (χ3n) is 4.08. The van der Waals surface area contributed by atoms with Crippen molar-refractivity contribution in [1.82, 2.24) is 10.3 Å². The number of benzene rings is 1. The van der Waals surface area contributed by atoms with E-state index in [0.29, 0.717) is 13.0 Å². The van der Waals surface area contributed by atoms with Crippen LogP contribution in [0.3, 0.4) is 0 Å². The standard InChI is InChI=1S/C18H18FN3O2/c1-12-5-6-15(19)16(10-12)22-9-7-14(18(22)24)17(23)21-11-13-4-2-3-8-20-13/h2-6,8,10,14H,7,9,11H2,1H3,(H,21,23). The van der Waals surface area contributed by atoms with E-state index < -0.39 is 11.7 Å². The fraction of sp³-hybridized carbons (Fsp3) is 0.278. The number of hydrogen-bond donors (Lipinski definition) is 1. The van der Waals surface area contributed by atoms with Gasteiger partial charge in [0.05, 0.1) is 17.9 Å². The van der Waals surface area contributed by atoms with E-state index in [9.17, 15) is 14.0 Å². The number of halogens is 1. The predicted octanol–water partition coefficient (Wildman–Crippen LogP) is 2.20. The van der Waals surface area contributed by atoms with Gasteiger partial charge in [0, 0.05) is 12.7 Å². The van der Waals surface area contributed by atoms with E-state index >= 15 is 0 Å². The highest BCUT2D eigenvalue weighted by Crippen LogP contribution is 2.28. The van der Waals surface area contributed by atoms with Crippen LogP contribution in [0.2, 0.25) is 0 Å². The van der Waals surface area contributed by atoms with E-state index in [0.717, 1.165) is 11.3 Å². The second-order valence-electron chi connectivity index (χ2n) is 5.82. The first kappa shape index (κ1) is 16.1. The number of carbonyl (C=O) groups is 2. The first-order valence-corrected chi connectivity index (χ1v) is 7.81. The van der Waals surface area contributed by atoms with Crippen molar-refractivity contribution < 1.29 is 14.0 Å². The number of anilines is 1. The minimum atomic E-state index is -0.784. The molecule has 1 aromatic heterocycles. The smallest absolute Gasteiger partial charge is 0.239 e. The summed E-state index contributed by atoms with van der Waals surface area (Å²) in [6.07, 6.45) is 2.02. The Labute approximate surface area is 139 Å². The average Bonchev–Trinajstić information content (AvgIpc) is 2.97. The summed E-state index contributed by atoms with van der Waals surface area (Å²) >= 11 is 0. The summed E-state index contributed by atoms with van der Waals surface area (Å²) in [4.78, 5) is 30.3. The van der Waals surface area contributed by atoms with Crippen LogP contribution in [0.25, 0.3) is 0 Å². The molecule has 124 valence electrons. The van der Waals surface area contributed by atoms with Gasteiger partial charge in [-0.2, -0.15) is 0 Å². The second kappa shape index (κ2) is 6.78. The van der Waals surface area contributed by atoms with Gasteiger partial charge >= 0.3 is 0 Å². The van der Waals surface area contributed by atoms with Crippen molar-refractivity contribution in [3.05, 3.63) is 59.7 Å². The maximum Gasteiger partial charge on any atom is 0.239 e. The van der Waals surface area contributed by atoms with E-state index in [1.54, 1.807) is 30.5 Å². The summed E-state index contributed by atoms with van der Waals surface area (Å²) in [7, 11) is 0. The predicted molar refractivity (Wildman–Crippen MR) is 87.7 cm³/mol. The molecular weight excluding hydrogens is 309 g/mol. The minimum absolute atomic E-state index is 0.236. The van der Waals surface area contributed by atoms with Crippen molar-refractivity contribution in [2.45, 2.75) is 19.9 Å². The van der Waals surface area contributed by atoms with Crippen molar-refractivity contribution in [1.29, 1.82) is 0 Å². The number of hydrogen-bond acceptors (Lipinski definition) is 3. The van der Waals surface area contributed by atoms with Crippen LogP contribution in [0.5, 0.6) is 0 Å². The Morgan fingerprint density at radius 3 is 2.96 bits per heavy atom. The zero-order chi connectivity index (χ0) is 17.1. The number of carbonyl (C=O) groups excluding carboxylic acids is 2. The van der Waals surface area contributed by atoms with E-state index in [-0.39, 0.29) is 24.0 Å². The van der Waals surface area contributed by atoms with Crippen molar-refractivity contribution in [3.63, 3.8) is 0 Å². The molecule has 1 aliphatic rings. The highest BCUT2D eigenvalue weighted by molar-refractivity contribution is 6.09. The van der Waals surface area contributed by atoms with E-state index in [1.807, 2.05) is 13.0 Å². The molecule has 0 aliphatic carbocycles. The molecule has 2 heterocycles. The summed E-state index contributed by atoms with van der Waals surface area (Å²) in [5.74, 6) is -1.95. The molecule has 24 heavy (non-hydrogen) atoms. The number of nitrogens with zero attached hydrogens (tertiary/aromatic N) is 2. The molecule has 1 atom stereocenters. The molecule has 3 rings (SSSR count). The summed E-state index contributed by atoms with van der Waals surface area (Å²) in [5, 5.41) is 2.73. The molecular formula is C18H18FN3O2. The van der Waals surface area contributed by atoms with E-state index in [2.05, 4.69) is 10.3 Å². The van der Waals surface area contributed by atoms with Gasteiger partial charge in [-0.15, -0.1) is 0 Å². The summed E-state index contributed by atoms with van der Waals surface area (Å²) < 4.78 is 14.0. The van der Waals surface area contributed by atoms with Crippen LogP contribution in [0.1, 0.15) is 17.7 Å². The lowest BCUT2D eigenvalue weighted by atomic mass is 10.1. The van der Waals surface area contributed by atoms with Gasteiger partial charge < -0.3 is 10.2 Å². The van der Waals surface area contributed by atoms with Crippen molar-refractivity contribution >= 4 is 17.5 Å². The molecule has 1 fully saturated rings. The molecule has 0 saturated carbocycles. The summed E-state index contributed by atoms with van der Waals surface area (Å²) in [6.45, 7) is 2.43. The first-order chi connectivity index (χ1) is 11.6. The fourth-order valence-electron chi connectivity index (χ4n) is 2.80. The van der Waals surface area contributed by atoms with Crippen LogP contribution in [-0.4, -0.2) is 23.3 Å². The van der Waals surface area contributed by atoms with Crippen LogP contribution in [0.4, 0.5) is 10.1 Å². The number of aryl methyl sites for hydroxylation is 1. The largest absolute Gasteiger partial charge is 0.350 e. The number of rotatable bonds is 4. The van der Waals surface area contributed by atoms with Gasteiger partial charge in [-0.25, -0.2) is 4.39 Å². The Balaban J connectivity index is 1.67. The Bertz CT molecular complexity index is 764. The topological polar surface area (TPSA) is 62.3 Å². The van der Waals surface area contributed by atoms with Crippen LogP contribution >= 0.6 is 0 Å². The molecule has 1 N–H and O–H groups in total. The molecule has 0 bridgehead atoms. The molecule has 2 amide bonds. The van der Waals surface area contributed by atoms with Gasteiger partial charge in [0.2, 0.25) is 11.8 Å². The Kier molecular flexibility index (Phi) is 4.55.